The summed E-state index contributed by atoms with van der Waals surface area (Å²) in [6, 6.07) is 3.93. The summed E-state index contributed by atoms with van der Waals surface area (Å²) >= 11 is 0. The zero-order valence-corrected chi connectivity index (χ0v) is 9.64. The molecule has 4 heteroatoms. The molecule has 1 aromatic heterocycles. The van der Waals surface area contributed by atoms with Gasteiger partial charge in [0.05, 0.1) is 12.5 Å². The lowest BCUT2D eigenvalue weighted by Crippen LogP contribution is -2.50. The van der Waals surface area contributed by atoms with Gasteiger partial charge in [0.15, 0.2) is 0 Å². The summed E-state index contributed by atoms with van der Waals surface area (Å²) in [5.74, 6) is 1.23. The Morgan fingerprint density at radius 2 is 2.31 bits per heavy atom. The predicted molar refractivity (Wildman–Crippen MR) is 59.0 cm³/mol. The number of furan rings is 1. The molecule has 4 nitrogen and oxygen atoms in total. The normalized spacial score (nSPS) is 19.4. The molecule has 88 valence electrons. The Morgan fingerprint density at radius 1 is 1.62 bits per heavy atom. The predicted octanol–water partition coefficient (Wildman–Crippen LogP) is 1.74. The SMILES string of the molecule is Cc1ccc(CN2CC(C(C)C(=O)O)C2)o1. The number of carboxylic acid groups (broad SMARTS) is 1. The van der Waals surface area contributed by atoms with Crippen molar-refractivity contribution in [3.8, 4) is 0 Å². The minimum absolute atomic E-state index is 0.241. The van der Waals surface area contributed by atoms with Crippen LogP contribution in [0.2, 0.25) is 0 Å². The number of aryl methyl sites for hydroxylation is 1. The molecule has 0 amide bonds. The molecule has 1 N–H and O–H groups in total. The fourth-order valence-corrected chi connectivity index (χ4v) is 2.05. The Bertz CT molecular complexity index is 379. The molecule has 1 saturated heterocycles. The van der Waals surface area contributed by atoms with Crippen LogP contribution >= 0.6 is 0 Å². The van der Waals surface area contributed by atoms with Gasteiger partial charge in [-0.1, -0.05) is 6.92 Å². The first-order valence-corrected chi connectivity index (χ1v) is 5.56. The van der Waals surface area contributed by atoms with Gasteiger partial charge in [-0.05, 0) is 25.0 Å². The lowest BCUT2D eigenvalue weighted by molar-refractivity contribution is -0.145. The smallest absolute Gasteiger partial charge is 0.306 e. The van der Waals surface area contributed by atoms with Crippen molar-refractivity contribution < 1.29 is 14.3 Å². The number of likely N-dealkylation sites (tertiary alicyclic amines) is 1. The highest BCUT2D eigenvalue weighted by Crippen LogP contribution is 2.25. The fraction of sp³-hybridized carbons (Fsp3) is 0.583. The molecule has 1 aliphatic heterocycles. The van der Waals surface area contributed by atoms with Crippen LogP contribution in [0.1, 0.15) is 18.4 Å². The van der Waals surface area contributed by atoms with Crippen LogP contribution in [0.25, 0.3) is 0 Å². The molecule has 1 aliphatic rings. The van der Waals surface area contributed by atoms with Crippen LogP contribution in [0.15, 0.2) is 16.5 Å². The number of carboxylic acids is 1. The number of nitrogens with zero attached hydrogens (tertiary/aromatic N) is 1. The van der Waals surface area contributed by atoms with E-state index in [1.807, 2.05) is 19.1 Å². The third-order valence-electron chi connectivity index (χ3n) is 3.26. The van der Waals surface area contributed by atoms with E-state index in [9.17, 15) is 4.79 Å². The first-order chi connectivity index (χ1) is 7.56. The molecule has 0 bridgehead atoms. The van der Waals surface area contributed by atoms with Gasteiger partial charge in [-0.2, -0.15) is 0 Å². The van der Waals surface area contributed by atoms with E-state index in [0.717, 1.165) is 31.2 Å². The van der Waals surface area contributed by atoms with Gasteiger partial charge >= 0.3 is 5.97 Å². The summed E-state index contributed by atoms with van der Waals surface area (Å²) in [4.78, 5) is 13.0. The largest absolute Gasteiger partial charge is 0.481 e. The minimum Gasteiger partial charge on any atom is -0.481 e. The maximum atomic E-state index is 10.8. The second-order valence-electron chi connectivity index (χ2n) is 4.59. The zero-order chi connectivity index (χ0) is 11.7. The monoisotopic (exact) mass is 223 g/mol. The number of rotatable bonds is 4. The maximum Gasteiger partial charge on any atom is 0.306 e. The van der Waals surface area contributed by atoms with E-state index in [0.29, 0.717) is 0 Å². The van der Waals surface area contributed by atoms with E-state index in [2.05, 4.69) is 4.90 Å². The number of hydrogen-bond donors (Lipinski definition) is 1. The van der Waals surface area contributed by atoms with Crippen LogP contribution < -0.4 is 0 Å². The molecule has 2 heterocycles. The third-order valence-corrected chi connectivity index (χ3v) is 3.26. The topological polar surface area (TPSA) is 53.7 Å². The van der Waals surface area contributed by atoms with E-state index >= 15 is 0 Å². The van der Waals surface area contributed by atoms with E-state index in [-0.39, 0.29) is 11.8 Å². The summed E-state index contributed by atoms with van der Waals surface area (Å²) in [5.41, 5.74) is 0. The van der Waals surface area contributed by atoms with Crippen LogP contribution in [0.4, 0.5) is 0 Å². The quantitative estimate of drug-likeness (QED) is 0.844. The third kappa shape index (κ3) is 2.27. The van der Waals surface area contributed by atoms with Crippen LogP contribution in [-0.4, -0.2) is 29.1 Å². The van der Waals surface area contributed by atoms with Gasteiger partial charge in [0, 0.05) is 13.1 Å². The summed E-state index contributed by atoms with van der Waals surface area (Å²) in [6.07, 6.45) is 0. The fourth-order valence-electron chi connectivity index (χ4n) is 2.05. The summed E-state index contributed by atoms with van der Waals surface area (Å²) < 4.78 is 5.48. The van der Waals surface area contributed by atoms with Gasteiger partial charge in [-0.25, -0.2) is 0 Å². The lowest BCUT2D eigenvalue weighted by atomic mass is 9.87. The van der Waals surface area contributed by atoms with Crippen molar-refractivity contribution >= 4 is 5.97 Å². The summed E-state index contributed by atoms with van der Waals surface area (Å²) in [5, 5.41) is 8.86. The van der Waals surface area contributed by atoms with Crippen molar-refractivity contribution in [1.29, 1.82) is 0 Å². The highest BCUT2D eigenvalue weighted by molar-refractivity contribution is 5.70. The molecule has 16 heavy (non-hydrogen) atoms. The Morgan fingerprint density at radius 3 is 2.81 bits per heavy atom. The number of hydrogen-bond acceptors (Lipinski definition) is 3. The van der Waals surface area contributed by atoms with Gasteiger partial charge in [0.2, 0.25) is 0 Å². The van der Waals surface area contributed by atoms with Crippen molar-refractivity contribution in [2.45, 2.75) is 20.4 Å². The maximum absolute atomic E-state index is 10.8. The Balaban J connectivity index is 1.79. The van der Waals surface area contributed by atoms with Gasteiger partial charge in [-0.15, -0.1) is 0 Å². The van der Waals surface area contributed by atoms with Gasteiger partial charge in [-0.3, -0.25) is 9.69 Å². The van der Waals surface area contributed by atoms with Gasteiger partial charge in [0.25, 0.3) is 0 Å². The Kier molecular flexibility index (Phi) is 3.01. The second-order valence-corrected chi connectivity index (χ2v) is 4.59. The minimum atomic E-state index is -0.696. The molecule has 1 unspecified atom stereocenters. The first-order valence-electron chi connectivity index (χ1n) is 5.56. The number of carbonyl (C=O) groups is 1. The van der Waals surface area contributed by atoms with Crippen molar-refractivity contribution in [3.05, 3.63) is 23.7 Å². The second kappa shape index (κ2) is 4.29. The van der Waals surface area contributed by atoms with Crippen molar-refractivity contribution in [2.75, 3.05) is 13.1 Å². The van der Waals surface area contributed by atoms with Gasteiger partial charge < -0.3 is 9.52 Å². The van der Waals surface area contributed by atoms with Crippen LogP contribution in [-0.2, 0) is 11.3 Å². The molecule has 0 spiro atoms. The molecular formula is C12H17NO3. The first kappa shape index (κ1) is 11.2. The average molecular weight is 223 g/mol. The van der Waals surface area contributed by atoms with E-state index in [4.69, 9.17) is 9.52 Å². The van der Waals surface area contributed by atoms with Crippen LogP contribution in [0.5, 0.6) is 0 Å². The standard InChI is InChI=1S/C12H17NO3/c1-8-3-4-11(16-8)7-13-5-10(6-13)9(2)12(14)15/h3-4,9-10H,5-7H2,1-2H3,(H,14,15). The van der Waals surface area contributed by atoms with Gasteiger partial charge in [0.1, 0.15) is 11.5 Å². The van der Waals surface area contributed by atoms with E-state index in [1.165, 1.54) is 0 Å². The molecule has 1 atom stereocenters. The van der Waals surface area contributed by atoms with Crippen molar-refractivity contribution in [3.63, 3.8) is 0 Å². The molecule has 0 radical (unpaired) electrons. The van der Waals surface area contributed by atoms with E-state index < -0.39 is 5.97 Å². The lowest BCUT2D eigenvalue weighted by Gasteiger charge is -2.40. The molecule has 0 aliphatic carbocycles. The molecule has 0 saturated carbocycles. The molecule has 0 aromatic carbocycles. The molecular weight excluding hydrogens is 206 g/mol. The average Bonchev–Trinajstić information content (AvgIpc) is 2.56. The molecule has 2 rings (SSSR count). The Hall–Kier alpha value is -1.29. The molecule has 1 aromatic rings. The summed E-state index contributed by atoms with van der Waals surface area (Å²) in [7, 11) is 0. The summed E-state index contributed by atoms with van der Waals surface area (Å²) in [6.45, 7) is 6.20. The highest BCUT2D eigenvalue weighted by atomic mass is 16.4. The zero-order valence-electron chi connectivity index (χ0n) is 9.64. The highest BCUT2D eigenvalue weighted by Gasteiger charge is 2.34. The van der Waals surface area contributed by atoms with Crippen LogP contribution in [0.3, 0.4) is 0 Å². The van der Waals surface area contributed by atoms with Crippen LogP contribution in [0, 0.1) is 18.8 Å². The van der Waals surface area contributed by atoms with E-state index in [1.54, 1.807) is 6.92 Å². The van der Waals surface area contributed by atoms with Crippen molar-refractivity contribution in [2.24, 2.45) is 11.8 Å². The number of aliphatic carboxylic acids is 1. The van der Waals surface area contributed by atoms with Crippen molar-refractivity contribution in [1.82, 2.24) is 4.90 Å². The molecule has 1 fully saturated rings. The Labute approximate surface area is 94.9 Å².